The lowest BCUT2D eigenvalue weighted by atomic mass is 10.1. The van der Waals surface area contributed by atoms with E-state index in [0.717, 1.165) is 19.1 Å². The highest BCUT2D eigenvalue weighted by atomic mass is 79.9. The fraction of sp³-hybridized carbons (Fsp3) is 0.200. The van der Waals surface area contributed by atoms with Crippen LogP contribution in [0.2, 0.25) is 0 Å². The van der Waals surface area contributed by atoms with Gasteiger partial charge in [-0.15, -0.1) is 0 Å². The van der Waals surface area contributed by atoms with Gasteiger partial charge in [-0.3, -0.25) is 0 Å². The van der Waals surface area contributed by atoms with Crippen LogP contribution in [-0.2, 0) is 0 Å². The third-order valence-electron chi connectivity index (χ3n) is 2.92. The molecule has 1 unspecified atom stereocenters. The Morgan fingerprint density at radius 2 is 1.47 bits per heavy atom. The Morgan fingerprint density at radius 1 is 0.947 bits per heavy atom. The third-order valence-corrected chi connectivity index (χ3v) is 4.70. The van der Waals surface area contributed by atoms with Gasteiger partial charge in [-0.05, 0) is 81.1 Å². The molecule has 0 aliphatic heterocycles. The third kappa shape index (κ3) is 3.83. The highest BCUT2D eigenvalue weighted by molar-refractivity contribution is 9.11. The van der Waals surface area contributed by atoms with Gasteiger partial charge in [-0.2, -0.15) is 0 Å². The van der Waals surface area contributed by atoms with Gasteiger partial charge >= 0.3 is 0 Å². The van der Waals surface area contributed by atoms with E-state index in [9.17, 15) is 0 Å². The monoisotopic (exact) mass is 445 g/mol. The molecule has 0 amide bonds. The molecule has 0 bridgehead atoms. The lowest BCUT2D eigenvalue weighted by Crippen LogP contribution is -2.07. The van der Waals surface area contributed by atoms with E-state index in [1.54, 1.807) is 0 Å². The van der Waals surface area contributed by atoms with Crippen LogP contribution in [0.4, 0.5) is 5.69 Å². The molecule has 2 aromatic carbocycles. The second-order valence-electron chi connectivity index (χ2n) is 4.52. The lowest BCUT2D eigenvalue weighted by Gasteiger charge is -2.18. The van der Waals surface area contributed by atoms with Crippen molar-refractivity contribution in [3.05, 3.63) is 60.9 Å². The quantitative estimate of drug-likeness (QED) is 0.569. The summed E-state index contributed by atoms with van der Waals surface area (Å²) in [4.78, 5) is 0. The van der Waals surface area contributed by atoms with E-state index in [1.165, 1.54) is 11.1 Å². The summed E-state index contributed by atoms with van der Waals surface area (Å²) in [5, 5.41) is 3.53. The first-order valence-corrected chi connectivity index (χ1v) is 8.33. The predicted molar refractivity (Wildman–Crippen MR) is 92.8 cm³/mol. The summed E-state index contributed by atoms with van der Waals surface area (Å²) in [6.07, 6.45) is 0. The van der Waals surface area contributed by atoms with E-state index in [1.807, 2.05) is 0 Å². The van der Waals surface area contributed by atoms with Crippen LogP contribution in [0.5, 0.6) is 0 Å². The lowest BCUT2D eigenvalue weighted by molar-refractivity contribution is 0.881. The van der Waals surface area contributed by atoms with Crippen LogP contribution in [-0.4, -0.2) is 0 Å². The zero-order valence-corrected chi connectivity index (χ0v) is 15.4. The van der Waals surface area contributed by atoms with Crippen LogP contribution in [0.1, 0.15) is 24.1 Å². The summed E-state index contributed by atoms with van der Waals surface area (Å²) in [5.41, 5.74) is 3.56. The van der Waals surface area contributed by atoms with E-state index in [0.29, 0.717) is 0 Å². The van der Waals surface area contributed by atoms with Gasteiger partial charge in [0.1, 0.15) is 0 Å². The Bertz CT molecular complexity index is 555. The number of aryl methyl sites for hydroxylation is 1. The fourth-order valence-corrected chi connectivity index (χ4v) is 3.80. The second kappa shape index (κ2) is 6.42. The Morgan fingerprint density at radius 3 is 2.00 bits per heavy atom. The maximum absolute atomic E-state index is 3.61. The highest BCUT2D eigenvalue weighted by Gasteiger charge is 2.11. The van der Waals surface area contributed by atoms with Gasteiger partial charge < -0.3 is 5.32 Å². The van der Waals surface area contributed by atoms with Crippen molar-refractivity contribution < 1.29 is 0 Å². The van der Waals surface area contributed by atoms with Crippen molar-refractivity contribution in [1.82, 2.24) is 0 Å². The van der Waals surface area contributed by atoms with Gasteiger partial charge in [0.05, 0.1) is 5.69 Å². The number of hydrogen-bond donors (Lipinski definition) is 1. The molecule has 0 aliphatic carbocycles. The molecule has 0 spiro atoms. The fourth-order valence-electron chi connectivity index (χ4n) is 1.89. The summed E-state index contributed by atoms with van der Waals surface area (Å²) in [6, 6.07) is 12.8. The molecular formula is C15H14Br3N. The average molecular weight is 448 g/mol. The Hall–Kier alpha value is -0.320. The molecular weight excluding hydrogens is 434 g/mol. The van der Waals surface area contributed by atoms with Crippen molar-refractivity contribution in [2.24, 2.45) is 0 Å². The van der Waals surface area contributed by atoms with Crippen molar-refractivity contribution in [1.29, 1.82) is 0 Å². The Labute approximate surface area is 139 Å². The van der Waals surface area contributed by atoms with Crippen LogP contribution >= 0.6 is 47.8 Å². The van der Waals surface area contributed by atoms with Crippen molar-refractivity contribution in [3.8, 4) is 0 Å². The Kier molecular flexibility index (Phi) is 5.09. The summed E-state index contributed by atoms with van der Waals surface area (Å²) < 4.78 is 3.24. The van der Waals surface area contributed by atoms with Crippen molar-refractivity contribution in [3.63, 3.8) is 0 Å². The second-order valence-corrected chi connectivity index (χ2v) is 7.15. The average Bonchev–Trinajstić information content (AvgIpc) is 2.34. The number of hydrogen-bond acceptors (Lipinski definition) is 1. The van der Waals surface area contributed by atoms with E-state index in [-0.39, 0.29) is 6.04 Å². The van der Waals surface area contributed by atoms with Gasteiger partial charge in [0.2, 0.25) is 0 Å². The van der Waals surface area contributed by atoms with E-state index in [2.05, 4.69) is 103 Å². The largest absolute Gasteiger partial charge is 0.377 e. The first-order valence-electron chi connectivity index (χ1n) is 5.95. The van der Waals surface area contributed by atoms with E-state index in [4.69, 9.17) is 0 Å². The molecule has 0 saturated heterocycles. The van der Waals surface area contributed by atoms with Crippen molar-refractivity contribution >= 4 is 53.5 Å². The maximum Gasteiger partial charge on any atom is 0.0633 e. The minimum absolute atomic E-state index is 0.239. The molecule has 1 nitrogen and oxygen atoms in total. The van der Waals surface area contributed by atoms with Gasteiger partial charge in [-0.1, -0.05) is 28.1 Å². The van der Waals surface area contributed by atoms with Gasteiger partial charge in [0, 0.05) is 19.5 Å². The molecule has 19 heavy (non-hydrogen) atoms. The number of benzene rings is 2. The molecule has 0 aliphatic rings. The van der Waals surface area contributed by atoms with Crippen LogP contribution in [0.3, 0.4) is 0 Å². The Balaban J connectivity index is 2.24. The van der Waals surface area contributed by atoms with Gasteiger partial charge in [-0.25, -0.2) is 0 Å². The van der Waals surface area contributed by atoms with E-state index >= 15 is 0 Å². The molecule has 100 valence electrons. The highest BCUT2D eigenvalue weighted by Crippen LogP contribution is 2.34. The summed E-state index contributed by atoms with van der Waals surface area (Å²) >= 11 is 10.7. The molecule has 1 N–H and O–H groups in total. The van der Waals surface area contributed by atoms with E-state index < -0.39 is 0 Å². The molecule has 0 heterocycles. The zero-order chi connectivity index (χ0) is 14.0. The smallest absolute Gasteiger partial charge is 0.0633 e. The molecule has 1 atom stereocenters. The summed E-state index contributed by atoms with van der Waals surface area (Å²) in [6.45, 7) is 4.24. The van der Waals surface area contributed by atoms with Gasteiger partial charge in [0.15, 0.2) is 0 Å². The number of anilines is 1. The molecule has 0 fully saturated rings. The van der Waals surface area contributed by atoms with Crippen LogP contribution in [0.25, 0.3) is 0 Å². The molecule has 0 radical (unpaired) electrons. The molecule has 0 aromatic heterocycles. The molecule has 2 rings (SSSR count). The van der Waals surface area contributed by atoms with Crippen LogP contribution in [0.15, 0.2) is 49.8 Å². The minimum atomic E-state index is 0.239. The molecule has 2 aromatic rings. The maximum atomic E-state index is 3.61. The number of nitrogens with one attached hydrogen (secondary N) is 1. The van der Waals surface area contributed by atoms with Crippen LogP contribution in [0, 0.1) is 6.92 Å². The number of rotatable bonds is 3. The van der Waals surface area contributed by atoms with Crippen LogP contribution < -0.4 is 5.32 Å². The summed E-state index contributed by atoms with van der Waals surface area (Å²) in [7, 11) is 0. The molecule has 4 heteroatoms. The first-order chi connectivity index (χ1) is 8.97. The summed E-state index contributed by atoms with van der Waals surface area (Å²) in [5.74, 6) is 0. The molecule has 0 saturated carbocycles. The SMILES string of the molecule is Cc1cc(Br)c(NC(C)c2ccc(Br)cc2)c(Br)c1. The predicted octanol–water partition coefficient (Wildman–Crippen LogP) is 6.46. The zero-order valence-electron chi connectivity index (χ0n) is 10.7. The topological polar surface area (TPSA) is 12.0 Å². The minimum Gasteiger partial charge on any atom is -0.377 e. The number of halogens is 3. The normalized spacial score (nSPS) is 12.3. The standard InChI is InChI=1S/C15H14Br3N/c1-9-7-13(17)15(14(18)8-9)19-10(2)11-3-5-12(16)6-4-11/h3-8,10,19H,1-2H3. The van der Waals surface area contributed by atoms with Crippen molar-refractivity contribution in [2.45, 2.75) is 19.9 Å². The first kappa shape index (κ1) is 15.1. The van der Waals surface area contributed by atoms with Crippen molar-refractivity contribution in [2.75, 3.05) is 5.32 Å². The van der Waals surface area contributed by atoms with Gasteiger partial charge in [0.25, 0.3) is 0 Å².